The van der Waals surface area contributed by atoms with Gasteiger partial charge >= 0.3 is 0 Å². The molecule has 0 unspecified atom stereocenters. The van der Waals surface area contributed by atoms with E-state index in [1.54, 1.807) is 0 Å². The third-order valence-corrected chi connectivity index (χ3v) is 5.33. The highest BCUT2D eigenvalue weighted by Crippen LogP contribution is 2.23. The Morgan fingerprint density at radius 3 is 2.63 bits per heavy atom. The summed E-state index contributed by atoms with van der Waals surface area (Å²) in [6.07, 6.45) is 0. The lowest BCUT2D eigenvalue weighted by atomic mass is 10.1. The van der Waals surface area contributed by atoms with Crippen LogP contribution in [0, 0.1) is 0 Å². The number of thiophene rings is 1. The highest BCUT2D eigenvalue weighted by atomic mass is 35.7. The van der Waals surface area contributed by atoms with Crippen LogP contribution in [0.25, 0.3) is 0 Å². The second kappa shape index (κ2) is 6.21. The van der Waals surface area contributed by atoms with Gasteiger partial charge in [0, 0.05) is 29.2 Å². The molecule has 5 nitrogen and oxygen atoms in total. The Morgan fingerprint density at radius 1 is 1.53 bits per heavy atom. The molecule has 0 saturated carbocycles. The van der Waals surface area contributed by atoms with Gasteiger partial charge in [0.15, 0.2) is 0 Å². The van der Waals surface area contributed by atoms with Crippen molar-refractivity contribution in [2.45, 2.75) is 30.6 Å². The fraction of sp³-hybridized carbons (Fsp3) is 0.545. The van der Waals surface area contributed by atoms with Crippen LogP contribution in [0.3, 0.4) is 0 Å². The molecule has 0 fully saturated rings. The van der Waals surface area contributed by atoms with Crippen LogP contribution in [0.4, 0.5) is 0 Å². The van der Waals surface area contributed by atoms with Crippen molar-refractivity contribution < 1.29 is 17.9 Å². The molecule has 0 aliphatic rings. The maximum atomic E-state index is 11.8. The second-order valence-corrected chi connectivity index (χ2v) is 8.17. The first-order valence-corrected chi connectivity index (χ1v) is 8.80. The van der Waals surface area contributed by atoms with Gasteiger partial charge in [-0.2, -0.15) is 0 Å². The number of rotatable bonds is 6. The van der Waals surface area contributed by atoms with E-state index in [2.05, 4.69) is 5.32 Å². The van der Waals surface area contributed by atoms with Crippen LogP contribution in [0.1, 0.15) is 31.1 Å². The van der Waals surface area contributed by atoms with E-state index >= 15 is 0 Å². The Balaban J connectivity index is 2.67. The van der Waals surface area contributed by atoms with Gasteiger partial charge in [-0.3, -0.25) is 4.79 Å². The van der Waals surface area contributed by atoms with E-state index in [-0.39, 0.29) is 15.7 Å². The molecule has 0 aliphatic carbocycles. The lowest BCUT2D eigenvalue weighted by Gasteiger charge is -2.24. The minimum Gasteiger partial charge on any atom is -0.374 e. The molecule has 0 aliphatic heterocycles. The van der Waals surface area contributed by atoms with Gasteiger partial charge in [-0.25, -0.2) is 8.42 Å². The summed E-state index contributed by atoms with van der Waals surface area (Å²) in [5, 5.41) is 4.15. The van der Waals surface area contributed by atoms with Gasteiger partial charge in [-0.15, -0.1) is 11.3 Å². The summed E-state index contributed by atoms with van der Waals surface area (Å²) in [6.45, 7) is 6.48. The van der Waals surface area contributed by atoms with Crippen LogP contribution in [0.5, 0.6) is 0 Å². The summed E-state index contributed by atoms with van der Waals surface area (Å²) in [4.78, 5) is 11.8. The highest BCUT2D eigenvalue weighted by molar-refractivity contribution is 8.15. The molecular weight excluding hydrogens is 310 g/mol. The van der Waals surface area contributed by atoms with Gasteiger partial charge in [0.1, 0.15) is 4.21 Å². The molecule has 0 aromatic carbocycles. The molecule has 0 saturated heterocycles. The van der Waals surface area contributed by atoms with E-state index in [1.807, 2.05) is 20.8 Å². The predicted molar refractivity (Wildman–Crippen MR) is 75.4 cm³/mol. The molecule has 1 aromatic heterocycles. The summed E-state index contributed by atoms with van der Waals surface area (Å²) < 4.78 is 27.6. The number of amides is 1. The zero-order chi connectivity index (χ0) is 14.7. The maximum Gasteiger partial charge on any atom is 0.270 e. The van der Waals surface area contributed by atoms with E-state index in [9.17, 15) is 13.2 Å². The van der Waals surface area contributed by atoms with Crippen LogP contribution < -0.4 is 5.32 Å². The van der Waals surface area contributed by atoms with Gasteiger partial charge in [0.05, 0.1) is 11.2 Å². The van der Waals surface area contributed by atoms with E-state index < -0.39 is 14.7 Å². The molecule has 0 bridgehead atoms. The molecule has 8 heteroatoms. The topological polar surface area (TPSA) is 72.5 Å². The quantitative estimate of drug-likeness (QED) is 0.814. The van der Waals surface area contributed by atoms with Crippen LogP contribution in [-0.4, -0.2) is 33.1 Å². The Hall–Kier alpha value is -0.630. The van der Waals surface area contributed by atoms with E-state index in [0.29, 0.717) is 13.2 Å². The maximum absolute atomic E-state index is 11.8. The molecule has 1 heterocycles. The number of hydrogen-bond acceptors (Lipinski definition) is 5. The number of ether oxygens (including phenoxy) is 1. The Labute approximate surface area is 121 Å². The number of nitrogens with one attached hydrogen (secondary N) is 1. The van der Waals surface area contributed by atoms with Gasteiger partial charge in [-0.1, -0.05) is 0 Å². The second-order valence-electron chi connectivity index (χ2n) is 4.47. The minimum absolute atomic E-state index is 0.0385. The Bertz CT molecular complexity index is 551. The number of carbonyl (C=O) groups is 1. The fourth-order valence-electron chi connectivity index (χ4n) is 1.40. The monoisotopic (exact) mass is 325 g/mol. The lowest BCUT2D eigenvalue weighted by molar-refractivity contribution is -0.00815. The first kappa shape index (κ1) is 16.4. The molecule has 1 rings (SSSR count). The van der Waals surface area contributed by atoms with E-state index in [4.69, 9.17) is 15.4 Å². The first-order chi connectivity index (χ1) is 8.65. The van der Waals surface area contributed by atoms with Crippen molar-refractivity contribution in [2.75, 3.05) is 13.2 Å². The molecule has 1 aromatic rings. The first-order valence-electron chi connectivity index (χ1n) is 5.61. The van der Waals surface area contributed by atoms with Crippen LogP contribution in [0.2, 0.25) is 0 Å². The van der Waals surface area contributed by atoms with Crippen molar-refractivity contribution in [2.24, 2.45) is 0 Å². The predicted octanol–water partition coefficient (Wildman–Crippen LogP) is 2.22. The molecule has 0 radical (unpaired) electrons. The zero-order valence-electron chi connectivity index (χ0n) is 10.9. The summed E-state index contributed by atoms with van der Waals surface area (Å²) in [7, 11) is 1.42. The molecule has 19 heavy (non-hydrogen) atoms. The average molecular weight is 326 g/mol. The summed E-state index contributed by atoms with van der Waals surface area (Å²) in [6, 6.07) is 1.26. The summed E-state index contributed by atoms with van der Waals surface area (Å²) in [5.41, 5.74) is -0.196. The van der Waals surface area contributed by atoms with Crippen molar-refractivity contribution in [3.8, 4) is 0 Å². The zero-order valence-corrected chi connectivity index (χ0v) is 13.3. The van der Waals surface area contributed by atoms with Gasteiger partial charge < -0.3 is 10.1 Å². The van der Waals surface area contributed by atoms with Crippen molar-refractivity contribution in [3.63, 3.8) is 0 Å². The van der Waals surface area contributed by atoms with E-state index in [0.717, 1.165) is 11.3 Å². The van der Waals surface area contributed by atoms with Crippen LogP contribution in [0.15, 0.2) is 15.7 Å². The van der Waals surface area contributed by atoms with Gasteiger partial charge in [0.25, 0.3) is 15.0 Å². The standard InChI is InChI=1S/C11H16ClNO4S2/c1-4-17-11(2,3)7-13-10(14)8-5-9(18-6-8)19(12,15)16/h5-6H,4,7H2,1-3H3,(H,13,14). The van der Waals surface area contributed by atoms with E-state index in [1.165, 1.54) is 11.4 Å². The van der Waals surface area contributed by atoms with Crippen molar-refractivity contribution in [1.29, 1.82) is 0 Å². The molecule has 0 spiro atoms. The normalized spacial score (nSPS) is 12.4. The van der Waals surface area contributed by atoms with Gasteiger partial charge in [-0.05, 0) is 26.8 Å². The third-order valence-electron chi connectivity index (χ3n) is 2.29. The highest BCUT2D eigenvalue weighted by Gasteiger charge is 2.21. The van der Waals surface area contributed by atoms with Gasteiger partial charge in [0.2, 0.25) is 0 Å². The smallest absolute Gasteiger partial charge is 0.270 e. The third kappa shape index (κ3) is 5.10. The van der Waals surface area contributed by atoms with Crippen molar-refractivity contribution in [3.05, 3.63) is 17.0 Å². The van der Waals surface area contributed by atoms with Crippen LogP contribution in [-0.2, 0) is 13.8 Å². The van der Waals surface area contributed by atoms with Crippen molar-refractivity contribution in [1.82, 2.24) is 5.32 Å². The van der Waals surface area contributed by atoms with Crippen LogP contribution >= 0.6 is 22.0 Å². The van der Waals surface area contributed by atoms with Crippen molar-refractivity contribution >= 4 is 37.0 Å². The minimum atomic E-state index is -3.78. The Morgan fingerprint density at radius 2 is 2.16 bits per heavy atom. The summed E-state index contributed by atoms with van der Waals surface area (Å²) in [5.74, 6) is -0.351. The largest absolute Gasteiger partial charge is 0.374 e. The Kier molecular flexibility index (Phi) is 5.37. The average Bonchev–Trinajstić information content (AvgIpc) is 2.74. The number of hydrogen-bond donors (Lipinski definition) is 1. The number of carbonyl (C=O) groups excluding carboxylic acids is 1. The lowest BCUT2D eigenvalue weighted by Crippen LogP contribution is -2.40. The molecule has 108 valence electrons. The molecule has 0 atom stereocenters. The number of halogens is 1. The fourth-order valence-corrected chi connectivity index (χ4v) is 3.35. The molecule has 1 N–H and O–H groups in total. The molecule has 1 amide bonds. The SMILES string of the molecule is CCOC(C)(C)CNC(=O)c1csc(S(=O)(=O)Cl)c1. The molecular formula is C11H16ClNO4S2. The summed E-state index contributed by atoms with van der Waals surface area (Å²) >= 11 is 0.916.